The lowest BCUT2D eigenvalue weighted by Gasteiger charge is -1.96. The Morgan fingerprint density at radius 2 is 2.56 bits per heavy atom. The van der Waals surface area contributed by atoms with Crippen molar-refractivity contribution in [3.63, 3.8) is 0 Å². The van der Waals surface area contributed by atoms with Crippen LogP contribution in [0.25, 0.3) is 0 Å². The van der Waals surface area contributed by atoms with Gasteiger partial charge in [-0.2, -0.15) is 0 Å². The molecule has 0 saturated heterocycles. The summed E-state index contributed by atoms with van der Waals surface area (Å²) in [4.78, 5) is 0. The van der Waals surface area contributed by atoms with E-state index in [0.29, 0.717) is 0 Å². The fraction of sp³-hybridized carbons (Fsp3) is 0.143. The lowest BCUT2D eigenvalue weighted by atomic mass is 10.6. The Morgan fingerprint density at radius 3 is 3.00 bits per heavy atom. The summed E-state index contributed by atoms with van der Waals surface area (Å²) >= 11 is 3.38. The molecule has 0 bridgehead atoms. The summed E-state index contributed by atoms with van der Waals surface area (Å²) in [6, 6.07) is 4.00. The van der Waals surface area contributed by atoms with E-state index in [1.165, 1.54) is 0 Å². The molecule has 9 heavy (non-hydrogen) atoms. The SMILES string of the molecule is C=CCn1cccc1Br. The highest BCUT2D eigenvalue weighted by atomic mass is 79.9. The minimum Gasteiger partial charge on any atom is -0.339 e. The molecule has 0 aliphatic carbocycles. The molecule has 2 heteroatoms. The van der Waals surface area contributed by atoms with Crippen LogP contribution in [0.1, 0.15) is 0 Å². The maximum absolute atomic E-state index is 3.64. The monoisotopic (exact) mass is 185 g/mol. The van der Waals surface area contributed by atoms with Gasteiger partial charge in [-0.15, -0.1) is 6.58 Å². The molecule has 0 saturated carbocycles. The number of aromatic nitrogens is 1. The van der Waals surface area contributed by atoms with Gasteiger partial charge in [0.25, 0.3) is 0 Å². The minimum absolute atomic E-state index is 0.869. The number of hydrogen-bond acceptors (Lipinski definition) is 0. The van der Waals surface area contributed by atoms with E-state index in [1.54, 1.807) is 0 Å². The molecule has 0 fully saturated rings. The molecule has 0 unspecified atom stereocenters. The van der Waals surface area contributed by atoms with Crippen molar-refractivity contribution in [2.75, 3.05) is 0 Å². The first-order valence-electron chi connectivity index (χ1n) is 2.76. The van der Waals surface area contributed by atoms with Crippen molar-refractivity contribution in [1.82, 2.24) is 4.57 Å². The van der Waals surface area contributed by atoms with Crippen LogP contribution in [0.5, 0.6) is 0 Å². The molecule has 0 N–H and O–H groups in total. The van der Waals surface area contributed by atoms with Crippen LogP contribution in [0.2, 0.25) is 0 Å². The Hall–Kier alpha value is -0.500. The second kappa shape index (κ2) is 2.87. The summed E-state index contributed by atoms with van der Waals surface area (Å²) in [5, 5.41) is 0. The van der Waals surface area contributed by atoms with Crippen molar-refractivity contribution < 1.29 is 0 Å². The minimum atomic E-state index is 0.869. The molecule has 0 aromatic carbocycles. The Morgan fingerprint density at radius 1 is 1.78 bits per heavy atom. The summed E-state index contributed by atoms with van der Waals surface area (Å²) in [5.41, 5.74) is 0. The zero-order chi connectivity index (χ0) is 6.69. The van der Waals surface area contributed by atoms with Crippen molar-refractivity contribution in [2.24, 2.45) is 0 Å². The average molecular weight is 186 g/mol. The molecular weight excluding hydrogens is 178 g/mol. The molecule has 48 valence electrons. The fourth-order valence-corrected chi connectivity index (χ4v) is 1.10. The predicted molar refractivity (Wildman–Crippen MR) is 42.3 cm³/mol. The third-order valence-electron chi connectivity index (χ3n) is 1.10. The molecular formula is C7H8BrN. The first-order valence-corrected chi connectivity index (χ1v) is 3.55. The number of halogens is 1. The Bertz CT molecular complexity index is 202. The number of allylic oxidation sites excluding steroid dienone is 1. The van der Waals surface area contributed by atoms with Crippen LogP contribution < -0.4 is 0 Å². The van der Waals surface area contributed by atoms with Gasteiger partial charge in [-0.1, -0.05) is 6.08 Å². The third-order valence-corrected chi connectivity index (χ3v) is 1.82. The maximum atomic E-state index is 3.64. The van der Waals surface area contributed by atoms with E-state index in [2.05, 4.69) is 27.1 Å². The third kappa shape index (κ3) is 1.45. The van der Waals surface area contributed by atoms with Crippen LogP contribution >= 0.6 is 15.9 Å². The van der Waals surface area contributed by atoms with Gasteiger partial charge in [0.2, 0.25) is 0 Å². The van der Waals surface area contributed by atoms with Crippen LogP contribution in [-0.2, 0) is 6.54 Å². The summed E-state index contributed by atoms with van der Waals surface area (Å²) in [7, 11) is 0. The topological polar surface area (TPSA) is 4.93 Å². The Balaban J connectivity index is 2.80. The summed E-state index contributed by atoms with van der Waals surface area (Å²) < 4.78 is 3.16. The largest absolute Gasteiger partial charge is 0.339 e. The summed E-state index contributed by atoms with van der Waals surface area (Å²) in [5.74, 6) is 0. The molecule has 0 radical (unpaired) electrons. The van der Waals surface area contributed by atoms with Crippen molar-refractivity contribution in [2.45, 2.75) is 6.54 Å². The number of rotatable bonds is 2. The first-order chi connectivity index (χ1) is 4.34. The average Bonchev–Trinajstić information content (AvgIpc) is 2.18. The molecule has 1 heterocycles. The Kier molecular flexibility index (Phi) is 2.11. The van der Waals surface area contributed by atoms with Gasteiger partial charge in [-0.05, 0) is 28.1 Å². The van der Waals surface area contributed by atoms with Crippen LogP contribution in [0.3, 0.4) is 0 Å². The van der Waals surface area contributed by atoms with Gasteiger partial charge < -0.3 is 4.57 Å². The summed E-state index contributed by atoms with van der Waals surface area (Å²) in [6.07, 6.45) is 3.87. The highest BCUT2D eigenvalue weighted by Gasteiger charge is 1.90. The van der Waals surface area contributed by atoms with Gasteiger partial charge in [0, 0.05) is 12.7 Å². The predicted octanol–water partition coefficient (Wildman–Crippen LogP) is 2.44. The smallest absolute Gasteiger partial charge is 0.0849 e. The molecule has 0 amide bonds. The zero-order valence-corrected chi connectivity index (χ0v) is 6.63. The molecule has 0 spiro atoms. The molecule has 1 rings (SSSR count). The lowest BCUT2D eigenvalue weighted by molar-refractivity contribution is 0.811. The van der Waals surface area contributed by atoms with Gasteiger partial charge in [0.1, 0.15) is 0 Å². The number of nitrogens with zero attached hydrogens (tertiary/aromatic N) is 1. The van der Waals surface area contributed by atoms with E-state index in [9.17, 15) is 0 Å². The molecule has 0 aliphatic rings. The van der Waals surface area contributed by atoms with Gasteiger partial charge >= 0.3 is 0 Å². The van der Waals surface area contributed by atoms with Crippen molar-refractivity contribution >= 4 is 15.9 Å². The van der Waals surface area contributed by atoms with E-state index < -0.39 is 0 Å². The second-order valence-corrected chi connectivity index (χ2v) is 2.58. The van der Waals surface area contributed by atoms with Crippen LogP contribution in [0.15, 0.2) is 35.6 Å². The zero-order valence-electron chi connectivity index (χ0n) is 5.05. The first kappa shape index (κ1) is 6.62. The maximum Gasteiger partial charge on any atom is 0.0849 e. The Labute approximate surface area is 63.1 Å². The quantitative estimate of drug-likeness (QED) is 0.625. The van der Waals surface area contributed by atoms with E-state index in [4.69, 9.17) is 0 Å². The van der Waals surface area contributed by atoms with E-state index in [1.807, 2.05) is 24.4 Å². The highest BCUT2D eigenvalue weighted by Crippen LogP contribution is 2.09. The lowest BCUT2D eigenvalue weighted by Crippen LogP contribution is -1.90. The normalized spacial score (nSPS) is 9.44. The van der Waals surface area contributed by atoms with Crippen molar-refractivity contribution in [3.8, 4) is 0 Å². The standard InChI is InChI=1S/C7H8BrN/c1-2-5-9-6-3-4-7(9)8/h2-4,6H,1,5H2. The van der Waals surface area contributed by atoms with Crippen molar-refractivity contribution in [3.05, 3.63) is 35.6 Å². The molecule has 1 aromatic heterocycles. The van der Waals surface area contributed by atoms with E-state index >= 15 is 0 Å². The second-order valence-electron chi connectivity index (χ2n) is 1.77. The highest BCUT2D eigenvalue weighted by molar-refractivity contribution is 9.10. The van der Waals surface area contributed by atoms with Crippen LogP contribution in [-0.4, -0.2) is 4.57 Å². The van der Waals surface area contributed by atoms with Crippen molar-refractivity contribution in [1.29, 1.82) is 0 Å². The molecule has 0 aliphatic heterocycles. The fourth-order valence-electron chi connectivity index (χ4n) is 0.680. The van der Waals surface area contributed by atoms with Gasteiger partial charge in [0.15, 0.2) is 0 Å². The van der Waals surface area contributed by atoms with Crippen LogP contribution in [0.4, 0.5) is 0 Å². The van der Waals surface area contributed by atoms with Crippen LogP contribution in [0, 0.1) is 0 Å². The van der Waals surface area contributed by atoms with Gasteiger partial charge in [0.05, 0.1) is 4.60 Å². The summed E-state index contributed by atoms with van der Waals surface area (Å²) in [6.45, 7) is 4.50. The molecule has 0 atom stereocenters. The molecule has 1 aromatic rings. The van der Waals surface area contributed by atoms with Gasteiger partial charge in [-0.3, -0.25) is 0 Å². The number of hydrogen-bond donors (Lipinski definition) is 0. The molecule has 1 nitrogen and oxygen atoms in total. The van der Waals surface area contributed by atoms with Gasteiger partial charge in [-0.25, -0.2) is 0 Å². The van der Waals surface area contributed by atoms with E-state index in [-0.39, 0.29) is 0 Å². The van der Waals surface area contributed by atoms with E-state index in [0.717, 1.165) is 11.1 Å².